The molecule has 1 aromatic heterocycles. The molecule has 0 saturated heterocycles. The van der Waals surface area contributed by atoms with Gasteiger partial charge in [0.2, 0.25) is 5.75 Å². The minimum Gasteiger partial charge on any atom is -0.501 e. The second-order valence-electron chi connectivity index (χ2n) is 7.08. The lowest BCUT2D eigenvalue weighted by Gasteiger charge is -2.23. The number of benzene rings is 2. The Morgan fingerprint density at radius 2 is 1.70 bits per heavy atom. The summed E-state index contributed by atoms with van der Waals surface area (Å²) in [6, 6.07) is 15.0. The van der Waals surface area contributed by atoms with E-state index in [1.54, 1.807) is 12.1 Å². The Hall–Kier alpha value is -3.52. The highest BCUT2D eigenvalue weighted by Gasteiger charge is 2.25. The van der Waals surface area contributed by atoms with E-state index in [1.807, 2.05) is 49.3 Å². The molecular formula is C22H23FN4O3. The molecule has 0 spiro atoms. The van der Waals surface area contributed by atoms with Crippen molar-refractivity contribution in [2.75, 3.05) is 14.1 Å². The van der Waals surface area contributed by atoms with Crippen LogP contribution in [0.1, 0.15) is 33.5 Å². The van der Waals surface area contributed by atoms with Crippen LogP contribution in [-0.2, 0) is 13.0 Å². The maximum absolute atomic E-state index is 13.0. The van der Waals surface area contributed by atoms with Gasteiger partial charge in [-0.3, -0.25) is 9.69 Å². The van der Waals surface area contributed by atoms with Crippen molar-refractivity contribution < 1.29 is 19.4 Å². The first-order valence-electron chi connectivity index (χ1n) is 9.38. The van der Waals surface area contributed by atoms with Gasteiger partial charge in [0.25, 0.3) is 11.8 Å². The molecule has 3 N–H and O–H groups in total. The summed E-state index contributed by atoms with van der Waals surface area (Å²) in [5.74, 6) is -2.18. The van der Waals surface area contributed by atoms with Crippen molar-refractivity contribution in [2.24, 2.45) is 0 Å². The average molecular weight is 410 g/mol. The summed E-state index contributed by atoms with van der Waals surface area (Å²) in [4.78, 5) is 22.7. The first kappa shape index (κ1) is 21.2. The Morgan fingerprint density at radius 3 is 2.33 bits per heavy atom. The van der Waals surface area contributed by atoms with Crippen molar-refractivity contribution in [2.45, 2.75) is 19.0 Å². The maximum Gasteiger partial charge on any atom is 0.274 e. The average Bonchev–Trinajstić information content (AvgIpc) is 2.74. The molecule has 1 heterocycles. The van der Waals surface area contributed by atoms with E-state index in [0.29, 0.717) is 12.0 Å². The molecule has 30 heavy (non-hydrogen) atoms. The van der Waals surface area contributed by atoms with Gasteiger partial charge >= 0.3 is 0 Å². The Bertz CT molecular complexity index is 1010. The Labute approximate surface area is 173 Å². The predicted molar refractivity (Wildman–Crippen MR) is 110 cm³/mol. The van der Waals surface area contributed by atoms with E-state index < -0.39 is 17.5 Å². The number of aromatic hydroxyl groups is 2. The number of carbonyl (C=O) groups is 1. The quantitative estimate of drug-likeness (QED) is 0.554. The number of halogens is 1. The van der Waals surface area contributed by atoms with Crippen LogP contribution >= 0.6 is 0 Å². The van der Waals surface area contributed by atoms with Gasteiger partial charge in [0.15, 0.2) is 11.5 Å². The predicted octanol–water partition coefficient (Wildman–Crippen LogP) is 2.80. The summed E-state index contributed by atoms with van der Waals surface area (Å²) < 4.78 is 13.0. The van der Waals surface area contributed by atoms with Crippen LogP contribution in [0.25, 0.3) is 0 Å². The van der Waals surface area contributed by atoms with Gasteiger partial charge in [-0.15, -0.1) is 0 Å². The van der Waals surface area contributed by atoms with Crippen LogP contribution < -0.4 is 5.32 Å². The number of hydrogen-bond donors (Lipinski definition) is 3. The number of aromatic nitrogens is 2. The fourth-order valence-electron chi connectivity index (χ4n) is 2.98. The molecule has 1 amide bonds. The van der Waals surface area contributed by atoms with E-state index in [2.05, 4.69) is 15.3 Å². The van der Waals surface area contributed by atoms with E-state index in [0.717, 1.165) is 5.56 Å². The highest BCUT2D eigenvalue weighted by Crippen LogP contribution is 2.29. The zero-order valence-corrected chi connectivity index (χ0v) is 16.7. The van der Waals surface area contributed by atoms with Crippen LogP contribution in [0.5, 0.6) is 11.6 Å². The lowest BCUT2D eigenvalue weighted by atomic mass is 10.0. The van der Waals surface area contributed by atoms with Crippen LogP contribution in [0.15, 0.2) is 54.6 Å². The molecule has 2 aromatic carbocycles. The topological polar surface area (TPSA) is 98.6 Å². The van der Waals surface area contributed by atoms with Gasteiger partial charge in [0.1, 0.15) is 5.82 Å². The summed E-state index contributed by atoms with van der Waals surface area (Å²) >= 11 is 0. The molecule has 1 unspecified atom stereocenters. The molecular weight excluding hydrogens is 387 g/mol. The van der Waals surface area contributed by atoms with Crippen LogP contribution in [0.2, 0.25) is 0 Å². The number of nitrogens with one attached hydrogen (secondary N) is 1. The van der Waals surface area contributed by atoms with Gasteiger partial charge in [-0.25, -0.2) is 9.37 Å². The third-order valence-electron chi connectivity index (χ3n) is 4.66. The van der Waals surface area contributed by atoms with Crippen LogP contribution in [0.3, 0.4) is 0 Å². The summed E-state index contributed by atoms with van der Waals surface area (Å²) in [5.41, 5.74) is 1.40. The summed E-state index contributed by atoms with van der Waals surface area (Å²) in [6.45, 7) is 0.111. The highest BCUT2D eigenvalue weighted by atomic mass is 19.1. The van der Waals surface area contributed by atoms with Crippen molar-refractivity contribution >= 4 is 5.91 Å². The number of amides is 1. The molecule has 0 saturated carbocycles. The molecule has 0 fully saturated rings. The molecule has 7 nitrogen and oxygen atoms in total. The highest BCUT2D eigenvalue weighted by molar-refractivity contribution is 5.95. The number of hydrogen-bond acceptors (Lipinski definition) is 6. The molecule has 3 rings (SSSR count). The molecule has 8 heteroatoms. The van der Waals surface area contributed by atoms with Crippen LogP contribution in [-0.4, -0.2) is 45.1 Å². The van der Waals surface area contributed by atoms with E-state index >= 15 is 0 Å². The van der Waals surface area contributed by atoms with E-state index in [4.69, 9.17) is 0 Å². The van der Waals surface area contributed by atoms with Crippen molar-refractivity contribution in [3.8, 4) is 11.6 Å². The van der Waals surface area contributed by atoms with E-state index in [1.165, 1.54) is 12.1 Å². The minimum atomic E-state index is -0.687. The molecule has 156 valence electrons. The number of rotatable bonds is 7. The zero-order valence-electron chi connectivity index (χ0n) is 16.7. The lowest BCUT2D eigenvalue weighted by Crippen LogP contribution is -2.28. The monoisotopic (exact) mass is 410 g/mol. The number of carbonyl (C=O) groups excluding carboxylic acids is 1. The van der Waals surface area contributed by atoms with Crippen molar-refractivity contribution in [1.29, 1.82) is 0 Å². The van der Waals surface area contributed by atoms with Crippen molar-refractivity contribution in [1.82, 2.24) is 20.2 Å². The molecule has 0 aliphatic rings. The van der Waals surface area contributed by atoms with Gasteiger partial charge in [0.05, 0.1) is 6.04 Å². The third kappa shape index (κ3) is 5.09. The van der Waals surface area contributed by atoms with Gasteiger partial charge in [-0.1, -0.05) is 42.5 Å². The molecule has 1 atom stereocenters. The SMILES string of the molecule is CN(C)C(Cc1ccccc1)c1nc(O)c(O)c(C(=O)NCc2ccc(F)cc2)n1. The molecule has 0 aliphatic carbocycles. The summed E-state index contributed by atoms with van der Waals surface area (Å²) in [7, 11) is 3.68. The van der Waals surface area contributed by atoms with E-state index in [-0.39, 0.29) is 29.9 Å². The van der Waals surface area contributed by atoms with Gasteiger partial charge in [-0.05, 0) is 43.8 Å². The fourth-order valence-corrected chi connectivity index (χ4v) is 2.98. The Balaban J connectivity index is 1.84. The van der Waals surface area contributed by atoms with Crippen molar-refractivity contribution in [3.05, 3.63) is 83.1 Å². The second-order valence-corrected chi connectivity index (χ2v) is 7.08. The Morgan fingerprint density at radius 1 is 1.03 bits per heavy atom. The summed E-state index contributed by atoms with van der Waals surface area (Å²) in [6.07, 6.45) is 0.550. The normalized spacial score (nSPS) is 12.0. The van der Waals surface area contributed by atoms with Gasteiger partial charge < -0.3 is 15.5 Å². The van der Waals surface area contributed by atoms with Crippen molar-refractivity contribution in [3.63, 3.8) is 0 Å². The maximum atomic E-state index is 13.0. The molecule has 0 radical (unpaired) electrons. The first-order chi connectivity index (χ1) is 14.3. The zero-order chi connectivity index (χ0) is 21.7. The number of likely N-dealkylation sites (N-methyl/N-ethyl adjacent to an activating group) is 1. The lowest BCUT2D eigenvalue weighted by molar-refractivity contribution is 0.0940. The Kier molecular flexibility index (Phi) is 6.58. The van der Waals surface area contributed by atoms with Gasteiger partial charge in [-0.2, -0.15) is 4.98 Å². The summed E-state index contributed by atoms with van der Waals surface area (Å²) in [5, 5.41) is 22.8. The second kappa shape index (κ2) is 9.32. The molecule has 0 bridgehead atoms. The smallest absolute Gasteiger partial charge is 0.274 e. The molecule has 0 aliphatic heterocycles. The largest absolute Gasteiger partial charge is 0.501 e. The fraction of sp³-hybridized carbons (Fsp3) is 0.227. The number of nitrogens with zero attached hydrogens (tertiary/aromatic N) is 3. The standard InChI is InChI=1S/C22H23FN4O3/c1-27(2)17(12-14-6-4-3-5-7-14)20-25-18(19(28)22(30)26-20)21(29)24-13-15-8-10-16(23)11-9-15/h3-11,17,28H,12-13H2,1-2H3,(H,24,29)(H,25,26,30). The van der Waals surface area contributed by atoms with Gasteiger partial charge in [0, 0.05) is 6.54 Å². The van der Waals surface area contributed by atoms with Crippen LogP contribution in [0, 0.1) is 5.82 Å². The third-order valence-corrected chi connectivity index (χ3v) is 4.66. The molecule has 3 aromatic rings. The minimum absolute atomic E-state index is 0.111. The van der Waals surface area contributed by atoms with E-state index in [9.17, 15) is 19.4 Å². The first-order valence-corrected chi connectivity index (χ1v) is 9.38. The van der Waals surface area contributed by atoms with Crippen LogP contribution in [0.4, 0.5) is 4.39 Å².